The molecule has 0 spiro atoms. The molecule has 22 rings (SSSR count). The van der Waals surface area contributed by atoms with Gasteiger partial charge in [-0.2, -0.15) is 0 Å². The highest BCUT2D eigenvalue weighted by atomic mass is 15.0. The quantitative estimate of drug-likeness (QED) is 0.120. The summed E-state index contributed by atoms with van der Waals surface area (Å²) < 4.78 is 9.56. The monoisotopic (exact) mass is 1430 g/mol. The van der Waals surface area contributed by atoms with Gasteiger partial charge >= 0.3 is 0 Å². The first-order valence-corrected chi connectivity index (χ1v) is 38.4. The van der Waals surface area contributed by atoms with E-state index in [0.717, 1.165) is 33.9 Å². The van der Waals surface area contributed by atoms with E-state index < -0.39 is 0 Å². The Labute approximate surface area is 649 Å². The third-order valence-corrected chi connectivity index (χ3v) is 22.4. The third kappa shape index (κ3) is 11.6. The maximum atomic E-state index is 5.15. The van der Waals surface area contributed by atoms with Crippen molar-refractivity contribution in [2.75, 3.05) is 0 Å². The second kappa shape index (κ2) is 27.7. The molecule has 5 heteroatoms. The van der Waals surface area contributed by atoms with Gasteiger partial charge in [-0.25, -0.2) is 4.98 Å². The van der Waals surface area contributed by atoms with E-state index in [2.05, 4.69) is 449 Å². The number of fused-ring (bicyclic) bond motifs is 12. The van der Waals surface area contributed by atoms with Gasteiger partial charge in [0.25, 0.3) is 0 Å². The van der Waals surface area contributed by atoms with Crippen molar-refractivity contribution in [3.8, 4) is 112 Å². The molecule has 0 saturated heterocycles. The van der Waals surface area contributed by atoms with Crippen LogP contribution in [0, 0.1) is 0 Å². The number of para-hydroxylation sites is 6. The zero-order chi connectivity index (χ0) is 74.0. The van der Waals surface area contributed by atoms with Gasteiger partial charge in [0.1, 0.15) is 0 Å². The molecule has 5 heterocycles. The van der Waals surface area contributed by atoms with Crippen LogP contribution in [-0.4, -0.2) is 23.3 Å². The van der Waals surface area contributed by atoms with Crippen LogP contribution in [0.3, 0.4) is 0 Å². The molecule has 5 aromatic heterocycles. The zero-order valence-corrected chi connectivity index (χ0v) is 61.2. The van der Waals surface area contributed by atoms with Crippen LogP contribution in [0.25, 0.3) is 199 Å². The van der Waals surface area contributed by atoms with E-state index >= 15 is 0 Å². The molecule has 0 N–H and O–H groups in total. The van der Waals surface area contributed by atoms with Crippen LogP contribution in [0.4, 0.5) is 0 Å². The smallest absolute Gasteiger partial charge is 0.0730 e. The van der Waals surface area contributed by atoms with Gasteiger partial charge in [0.05, 0.1) is 61.2 Å². The highest BCUT2D eigenvalue weighted by Gasteiger charge is 2.21. The molecule has 0 radical (unpaired) electrons. The van der Waals surface area contributed by atoms with E-state index in [1.807, 2.05) is 0 Å². The third-order valence-electron chi connectivity index (χ3n) is 22.4. The highest BCUT2D eigenvalue weighted by Crippen LogP contribution is 2.43. The first-order chi connectivity index (χ1) is 55.5. The summed E-state index contributed by atoms with van der Waals surface area (Å²) in [5.41, 5.74) is 32.7. The maximum absolute atomic E-state index is 5.15. The Morgan fingerprint density at radius 3 is 0.634 bits per heavy atom. The molecule has 5 nitrogen and oxygen atoms in total. The maximum Gasteiger partial charge on any atom is 0.0730 e. The molecule has 17 aromatic carbocycles. The Bertz CT molecular complexity index is 6740. The molecule has 112 heavy (non-hydrogen) atoms. The van der Waals surface area contributed by atoms with Crippen LogP contribution >= 0.6 is 0 Å². The number of benzene rings is 17. The van der Waals surface area contributed by atoms with Crippen molar-refractivity contribution >= 4 is 87.2 Å². The van der Waals surface area contributed by atoms with Crippen molar-refractivity contribution in [2.45, 2.75) is 0 Å². The first-order valence-electron chi connectivity index (χ1n) is 38.4. The SMILES string of the molecule is c1ccc(-c2cc(-c3ccccc3)cc(-n3c4ccccc4c4cc(-c5ccc(-c6ccc7c(c6)c6ccccc6n7-c6ccccc6)cc5)ccc43)c2)cc1.c1ccc(-c2cc(-n3c4ccccc4c4cc(-c5ccc(-c6ccc7c(c6)c6ccccc6n7-c6ccccc6)cc5)ccc43)cc(-c3ccccc3)n2)cc1. The minimum absolute atomic E-state index is 0.950. The van der Waals surface area contributed by atoms with Crippen LogP contribution in [0.15, 0.2) is 431 Å². The van der Waals surface area contributed by atoms with Gasteiger partial charge in [0.15, 0.2) is 0 Å². The van der Waals surface area contributed by atoms with Crippen molar-refractivity contribution in [2.24, 2.45) is 0 Å². The molecule has 0 bridgehead atoms. The lowest BCUT2D eigenvalue weighted by atomic mass is 9.97. The molecule has 0 unspecified atom stereocenters. The summed E-state index contributed by atoms with van der Waals surface area (Å²) in [6.45, 7) is 0. The molecule has 0 aliphatic heterocycles. The van der Waals surface area contributed by atoms with Crippen molar-refractivity contribution in [3.63, 3.8) is 0 Å². The Morgan fingerprint density at radius 2 is 0.339 bits per heavy atom. The molecule has 0 saturated carbocycles. The standard InChI is InChI=1S/C54H36N2.C53H35N3/c1-4-14-37(15-5-1)43-32-44(38-16-6-2-7-17-38)34-46(33-43)56-52-23-13-11-21-48(52)50-36-42(29-31-54(50)56)40-26-24-39(25-27-40)41-28-30-53-49(35-41)47-20-10-12-22-51(47)55(53)45-18-8-3-9-19-45;1-4-14-38(15-5-1)48-34-43(35-49(54-48)39-16-6-2-7-17-39)56-51-23-13-11-21-45(51)47-33-41(29-31-53(47)56)37-26-24-36(25-27-37)40-28-30-52-46(32-40)44-20-10-12-22-50(44)55(52)42-18-8-3-9-19-42/h1-36H;1-35H. The van der Waals surface area contributed by atoms with E-state index in [9.17, 15) is 0 Å². The number of rotatable bonds is 12. The lowest BCUT2D eigenvalue weighted by molar-refractivity contribution is 1.16. The molecule has 22 aromatic rings. The van der Waals surface area contributed by atoms with E-state index in [0.29, 0.717) is 0 Å². The topological polar surface area (TPSA) is 32.6 Å². The van der Waals surface area contributed by atoms with E-state index in [4.69, 9.17) is 4.98 Å². The first kappa shape index (κ1) is 65.4. The normalized spacial score (nSPS) is 11.6. The Hall–Kier alpha value is -14.9. The van der Waals surface area contributed by atoms with E-state index in [-0.39, 0.29) is 0 Å². The summed E-state index contributed by atoms with van der Waals surface area (Å²) in [6, 6.07) is 156. The predicted octanol–water partition coefficient (Wildman–Crippen LogP) is 28.5. The lowest BCUT2D eigenvalue weighted by Crippen LogP contribution is -1.98. The summed E-state index contributed by atoms with van der Waals surface area (Å²) in [4.78, 5) is 5.15. The van der Waals surface area contributed by atoms with Crippen molar-refractivity contribution < 1.29 is 0 Å². The van der Waals surface area contributed by atoms with Crippen LogP contribution in [0.2, 0.25) is 0 Å². The van der Waals surface area contributed by atoms with Gasteiger partial charge in [0.2, 0.25) is 0 Å². The molecular formula is C107H71N5. The summed E-state index contributed by atoms with van der Waals surface area (Å²) >= 11 is 0. The van der Waals surface area contributed by atoms with Crippen molar-refractivity contribution in [3.05, 3.63) is 431 Å². The second-order valence-electron chi connectivity index (χ2n) is 29.0. The van der Waals surface area contributed by atoms with Crippen LogP contribution in [0.1, 0.15) is 0 Å². The van der Waals surface area contributed by atoms with Crippen LogP contribution in [0.5, 0.6) is 0 Å². The highest BCUT2D eigenvalue weighted by molar-refractivity contribution is 6.14. The number of hydrogen-bond donors (Lipinski definition) is 0. The number of nitrogens with zero attached hydrogens (tertiary/aromatic N) is 5. The van der Waals surface area contributed by atoms with Crippen molar-refractivity contribution in [1.29, 1.82) is 0 Å². The number of aromatic nitrogens is 5. The Kier molecular flexibility index (Phi) is 16.2. The molecule has 0 aliphatic rings. The van der Waals surface area contributed by atoms with Crippen LogP contribution in [-0.2, 0) is 0 Å². The van der Waals surface area contributed by atoms with Gasteiger partial charge in [-0.1, -0.05) is 303 Å². The summed E-state index contributed by atoms with van der Waals surface area (Å²) in [7, 11) is 0. The van der Waals surface area contributed by atoms with Gasteiger partial charge in [0, 0.05) is 71.3 Å². The fraction of sp³-hybridized carbons (Fsp3) is 0. The van der Waals surface area contributed by atoms with E-state index in [1.165, 1.54) is 165 Å². The summed E-state index contributed by atoms with van der Waals surface area (Å²) in [5.74, 6) is 0. The average Bonchev–Trinajstić information content (AvgIpc) is 1.60. The van der Waals surface area contributed by atoms with Gasteiger partial charge in [-0.15, -0.1) is 0 Å². The van der Waals surface area contributed by atoms with Crippen LogP contribution < -0.4 is 0 Å². The summed E-state index contributed by atoms with van der Waals surface area (Å²) in [6.07, 6.45) is 0. The van der Waals surface area contributed by atoms with E-state index in [1.54, 1.807) is 0 Å². The molecule has 0 aliphatic carbocycles. The fourth-order valence-corrected chi connectivity index (χ4v) is 17.1. The largest absolute Gasteiger partial charge is 0.309 e. The predicted molar refractivity (Wildman–Crippen MR) is 472 cm³/mol. The molecule has 0 amide bonds. The minimum atomic E-state index is 0.950. The number of hydrogen-bond acceptors (Lipinski definition) is 1. The lowest BCUT2D eigenvalue weighted by Gasteiger charge is -2.14. The van der Waals surface area contributed by atoms with Crippen molar-refractivity contribution in [1.82, 2.24) is 23.3 Å². The van der Waals surface area contributed by atoms with Gasteiger partial charge in [-0.3, -0.25) is 0 Å². The number of pyridine rings is 1. The average molecular weight is 1430 g/mol. The minimum Gasteiger partial charge on any atom is -0.309 e. The molecular weight excluding hydrogens is 1360 g/mol. The van der Waals surface area contributed by atoms with Gasteiger partial charge < -0.3 is 18.3 Å². The fourth-order valence-electron chi connectivity index (χ4n) is 17.1. The zero-order valence-electron chi connectivity index (χ0n) is 61.2. The molecule has 0 atom stereocenters. The second-order valence-corrected chi connectivity index (χ2v) is 29.0. The summed E-state index contributed by atoms with van der Waals surface area (Å²) in [5, 5.41) is 9.98. The Morgan fingerprint density at radius 1 is 0.125 bits per heavy atom. The molecule has 0 fully saturated rings. The Balaban J connectivity index is 0.000000141. The molecule has 524 valence electrons. The van der Waals surface area contributed by atoms with Gasteiger partial charge in [-0.05, 0) is 194 Å².